The molecule has 0 saturated carbocycles. The monoisotopic (exact) mass is 320 g/mol. The van der Waals surface area contributed by atoms with Crippen molar-refractivity contribution in [3.05, 3.63) is 29.3 Å². The lowest BCUT2D eigenvalue weighted by molar-refractivity contribution is -0.137. The lowest BCUT2D eigenvalue weighted by atomic mass is 10.1. The molecule has 0 aliphatic carbocycles. The van der Waals surface area contributed by atoms with E-state index in [1.165, 1.54) is 12.1 Å². The van der Waals surface area contributed by atoms with Gasteiger partial charge in [0.2, 0.25) is 0 Å². The van der Waals surface area contributed by atoms with Gasteiger partial charge in [-0.15, -0.1) is 0 Å². The summed E-state index contributed by atoms with van der Waals surface area (Å²) in [6.45, 7) is 2.55. The predicted octanol–water partition coefficient (Wildman–Crippen LogP) is 3.62. The number of hydrogen-bond donors (Lipinski definition) is 2. The van der Waals surface area contributed by atoms with Gasteiger partial charge in [0.05, 0.1) is 5.56 Å². The zero-order chi connectivity index (χ0) is 15.9. The SMILES string of the molecule is CCNc1ccc(C(=O)NCCCSC)cc1C(F)(F)F. The van der Waals surface area contributed by atoms with E-state index in [1.807, 2.05) is 6.26 Å². The smallest absolute Gasteiger partial charge is 0.385 e. The average molecular weight is 320 g/mol. The first kappa shape index (κ1) is 17.7. The number of amides is 1. The van der Waals surface area contributed by atoms with Crippen LogP contribution in [0.4, 0.5) is 18.9 Å². The molecule has 2 N–H and O–H groups in total. The van der Waals surface area contributed by atoms with Crippen LogP contribution in [-0.2, 0) is 6.18 Å². The molecule has 0 unspecified atom stereocenters. The van der Waals surface area contributed by atoms with E-state index in [9.17, 15) is 18.0 Å². The van der Waals surface area contributed by atoms with Crippen LogP contribution < -0.4 is 10.6 Å². The van der Waals surface area contributed by atoms with Crippen molar-refractivity contribution in [2.75, 3.05) is 30.4 Å². The van der Waals surface area contributed by atoms with Crippen LogP contribution in [-0.4, -0.2) is 31.0 Å². The fourth-order valence-corrected chi connectivity index (χ4v) is 2.22. The number of halogens is 3. The van der Waals surface area contributed by atoms with E-state index in [2.05, 4.69) is 10.6 Å². The molecular weight excluding hydrogens is 301 g/mol. The van der Waals surface area contributed by atoms with Crippen molar-refractivity contribution in [3.8, 4) is 0 Å². The van der Waals surface area contributed by atoms with Crippen molar-refractivity contribution in [3.63, 3.8) is 0 Å². The van der Waals surface area contributed by atoms with Crippen LogP contribution in [0.2, 0.25) is 0 Å². The van der Waals surface area contributed by atoms with Gasteiger partial charge in [0, 0.05) is 24.3 Å². The highest BCUT2D eigenvalue weighted by atomic mass is 32.2. The van der Waals surface area contributed by atoms with Crippen molar-refractivity contribution < 1.29 is 18.0 Å². The van der Waals surface area contributed by atoms with E-state index in [0.717, 1.165) is 18.2 Å². The van der Waals surface area contributed by atoms with Crippen LogP contribution in [0.1, 0.15) is 29.3 Å². The fourth-order valence-electron chi connectivity index (χ4n) is 1.79. The summed E-state index contributed by atoms with van der Waals surface area (Å²) in [4.78, 5) is 11.9. The van der Waals surface area contributed by atoms with Crippen LogP contribution in [0.3, 0.4) is 0 Å². The summed E-state index contributed by atoms with van der Waals surface area (Å²) < 4.78 is 39.0. The molecule has 118 valence electrons. The second-order valence-corrected chi connectivity index (χ2v) is 5.38. The summed E-state index contributed by atoms with van der Waals surface area (Å²) in [5.41, 5.74) is -0.807. The largest absolute Gasteiger partial charge is 0.418 e. The maximum atomic E-state index is 13.0. The summed E-state index contributed by atoms with van der Waals surface area (Å²) >= 11 is 1.65. The number of anilines is 1. The van der Waals surface area contributed by atoms with E-state index in [0.29, 0.717) is 13.1 Å². The number of thioether (sulfide) groups is 1. The van der Waals surface area contributed by atoms with Crippen LogP contribution in [0.5, 0.6) is 0 Å². The Kier molecular flexibility index (Phi) is 6.87. The summed E-state index contributed by atoms with van der Waals surface area (Å²) in [6.07, 6.45) is -1.75. The molecule has 1 aromatic carbocycles. The summed E-state index contributed by atoms with van der Waals surface area (Å²) in [7, 11) is 0. The van der Waals surface area contributed by atoms with Crippen LogP contribution in [0, 0.1) is 0 Å². The second-order valence-electron chi connectivity index (χ2n) is 4.39. The number of hydrogen-bond acceptors (Lipinski definition) is 3. The first-order valence-electron chi connectivity index (χ1n) is 6.62. The molecule has 0 heterocycles. The molecule has 0 atom stereocenters. The van der Waals surface area contributed by atoms with E-state index in [4.69, 9.17) is 0 Å². The van der Waals surface area contributed by atoms with Crippen LogP contribution in [0.15, 0.2) is 18.2 Å². The predicted molar refractivity (Wildman–Crippen MR) is 80.9 cm³/mol. The van der Waals surface area contributed by atoms with E-state index in [1.54, 1.807) is 18.7 Å². The Balaban J connectivity index is 2.87. The first-order valence-corrected chi connectivity index (χ1v) is 8.01. The second kappa shape index (κ2) is 8.17. The van der Waals surface area contributed by atoms with Crippen molar-refractivity contribution >= 4 is 23.4 Å². The minimum atomic E-state index is -4.49. The molecule has 0 aromatic heterocycles. The molecule has 1 aromatic rings. The first-order chi connectivity index (χ1) is 9.90. The molecule has 0 aliphatic rings. The van der Waals surface area contributed by atoms with Gasteiger partial charge in [0.15, 0.2) is 0 Å². The minimum Gasteiger partial charge on any atom is -0.385 e. The third-order valence-corrected chi connectivity index (χ3v) is 3.46. The Bertz CT molecular complexity index is 478. The highest BCUT2D eigenvalue weighted by Gasteiger charge is 2.34. The zero-order valence-corrected chi connectivity index (χ0v) is 12.8. The molecule has 1 rings (SSSR count). The van der Waals surface area contributed by atoms with Gasteiger partial charge >= 0.3 is 6.18 Å². The number of carbonyl (C=O) groups is 1. The quantitative estimate of drug-likeness (QED) is 0.754. The topological polar surface area (TPSA) is 41.1 Å². The third kappa shape index (κ3) is 5.49. The lowest BCUT2D eigenvalue weighted by Crippen LogP contribution is -2.25. The van der Waals surface area contributed by atoms with Crippen molar-refractivity contribution in [2.45, 2.75) is 19.5 Å². The Hall–Kier alpha value is -1.37. The Morgan fingerprint density at radius 3 is 2.62 bits per heavy atom. The minimum absolute atomic E-state index is 0.0102. The summed E-state index contributed by atoms with van der Waals surface area (Å²) in [6, 6.07) is 3.59. The molecule has 1 amide bonds. The van der Waals surface area contributed by atoms with Gasteiger partial charge in [-0.1, -0.05) is 0 Å². The molecule has 0 radical (unpaired) electrons. The molecule has 0 aliphatic heterocycles. The van der Waals surface area contributed by atoms with Crippen LogP contribution in [0.25, 0.3) is 0 Å². The van der Waals surface area contributed by atoms with Crippen molar-refractivity contribution in [1.82, 2.24) is 5.32 Å². The third-order valence-electron chi connectivity index (χ3n) is 2.77. The molecule has 3 nitrogen and oxygen atoms in total. The van der Waals surface area contributed by atoms with E-state index < -0.39 is 17.6 Å². The number of carbonyl (C=O) groups excluding carboxylic acids is 1. The standard InChI is InChI=1S/C14H19F3N2OS/c1-3-18-12-6-5-10(9-11(12)14(15,16)17)13(20)19-7-4-8-21-2/h5-6,9,18H,3-4,7-8H2,1-2H3,(H,19,20). The van der Waals surface area contributed by atoms with Crippen molar-refractivity contribution in [1.29, 1.82) is 0 Å². The lowest BCUT2D eigenvalue weighted by Gasteiger charge is -2.15. The van der Waals surface area contributed by atoms with Gasteiger partial charge < -0.3 is 10.6 Å². The van der Waals surface area contributed by atoms with Gasteiger partial charge in [-0.2, -0.15) is 24.9 Å². The number of alkyl halides is 3. The number of benzene rings is 1. The Morgan fingerprint density at radius 2 is 2.05 bits per heavy atom. The molecule has 0 fully saturated rings. The van der Waals surface area contributed by atoms with E-state index in [-0.39, 0.29) is 11.3 Å². The molecule has 7 heteroatoms. The molecule has 21 heavy (non-hydrogen) atoms. The van der Waals surface area contributed by atoms with Gasteiger partial charge in [-0.05, 0) is 43.6 Å². The zero-order valence-electron chi connectivity index (χ0n) is 12.0. The molecule has 0 spiro atoms. The molecular formula is C14H19F3N2OS. The summed E-state index contributed by atoms with van der Waals surface area (Å²) in [5.74, 6) is 0.414. The Morgan fingerprint density at radius 1 is 1.33 bits per heavy atom. The number of nitrogens with one attached hydrogen (secondary N) is 2. The number of rotatable bonds is 7. The maximum absolute atomic E-state index is 13.0. The summed E-state index contributed by atoms with van der Waals surface area (Å²) in [5, 5.41) is 5.28. The van der Waals surface area contributed by atoms with E-state index >= 15 is 0 Å². The van der Waals surface area contributed by atoms with Gasteiger partial charge in [-0.25, -0.2) is 0 Å². The maximum Gasteiger partial charge on any atom is 0.418 e. The van der Waals surface area contributed by atoms with Gasteiger partial charge in [0.25, 0.3) is 5.91 Å². The van der Waals surface area contributed by atoms with Gasteiger partial charge in [-0.3, -0.25) is 4.79 Å². The van der Waals surface area contributed by atoms with Crippen molar-refractivity contribution in [2.24, 2.45) is 0 Å². The van der Waals surface area contributed by atoms with Gasteiger partial charge in [0.1, 0.15) is 0 Å². The highest BCUT2D eigenvalue weighted by Crippen LogP contribution is 2.35. The fraction of sp³-hybridized carbons (Fsp3) is 0.500. The average Bonchev–Trinajstić information content (AvgIpc) is 2.43. The van der Waals surface area contributed by atoms with Crippen LogP contribution >= 0.6 is 11.8 Å². The molecule has 0 bridgehead atoms. The highest BCUT2D eigenvalue weighted by molar-refractivity contribution is 7.98. The normalized spacial score (nSPS) is 11.3. The molecule has 0 saturated heterocycles. The Labute approximate surface area is 126 Å².